The van der Waals surface area contributed by atoms with E-state index in [9.17, 15) is 0 Å². The molecule has 0 saturated heterocycles. The van der Waals surface area contributed by atoms with Crippen LogP contribution in [0, 0.1) is 6.92 Å². The van der Waals surface area contributed by atoms with Gasteiger partial charge in [-0.25, -0.2) is 0 Å². The Morgan fingerprint density at radius 1 is 0.636 bits per heavy atom. The van der Waals surface area contributed by atoms with Crippen molar-refractivity contribution in [3.63, 3.8) is 0 Å². The van der Waals surface area contributed by atoms with Gasteiger partial charge >= 0.3 is 0 Å². The van der Waals surface area contributed by atoms with Gasteiger partial charge in [0.05, 0.1) is 0 Å². The second-order valence-corrected chi connectivity index (χ2v) is 9.14. The highest BCUT2D eigenvalue weighted by Crippen LogP contribution is 2.37. The normalized spacial score (nSPS) is 11.3. The fourth-order valence-corrected chi connectivity index (χ4v) is 5.46. The summed E-state index contributed by atoms with van der Waals surface area (Å²) >= 11 is 0. The van der Waals surface area contributed by atoms with E-state index in [2.05, 4.69) is 45.0 Å². The van der Waals surface area contributed by atoms with Gasteiger partial charge in [-0.1, -0.05) is 103 Å². The topological polar surface area (TPSA) is 0 Å². The molecule has 0 spiro atoms. The van der Waals surface area contributed by atoms with Gasteiger partial charge in [-0.2, -0.15) is 0 Å². The van der Waals surface area contributed by atoms with Crippen molar-refractivity contribution >= 4 is 13.2 Å². The zero-order valence-electron chi connectivity index (χ0n) is 15.2. The summed E-state index contributed by atoms with van der Waals surface area (Å²) < 4.78 is 0. The highest BCUT2D eigenvalue weighted by atomic mass is 31.1. The molecule has 0 aliphatic rings. The Bertz CT molecular complexity index is 341. The van der Waals surface area contributed by atoms with Crippen LogP contribution >= 0.6 is 7.92 Å². The van der Waals surface area contributed by atoms with Gasteiger partial charge in [0.15, 0.2) is 0 Å². The zero-order chi connectivity index (χ0) is 16.0. The molecule has 0 amide bonds. The lowest BCUT2D eigenvalue weighted by molar-refractivity contribution is 0.653. The number of rotatable bonds is 13. The minimum Gasteiger partial charge on any atom is -0.0753 e. The molecule has 0 aliphatic carbocycles. The molecule has 0 bridgehead atoms. The monoisotopic (exact) mass is 320 g/mol. The maximum absolute atomic E-state index is 2.40. The highest BCUT2D eigenvalue weighted by Gasteiger charge is 2.10. The first-order valence-corrected chi connectivity index (χ1v) is 11.3. The van der Waals surface area contributed by atoms with Gasteiger partial charge in [0, 0.05) is 0 Å². The number of benzene rings is 1. The van der Waals surface area contributed by atoms with E-state index < -0.39 is 0 Å². The zero-order valence-corrected chi connectivity index (χ0v) is 16.1. The van der Waals surface area contributed by atoms with Crippen LogP contribution in [0.25, 0.3) is 0 Å². The van der Waals surface area contributed by atoms with Gasteiger partial charge in [0.2, 0.25) is 0 Å². The Hall–Kier alpha value is -0.350. The van der Waals surface area contributed by atoms with Gasteiger partial charge in [-0.15, -0.1) is 0 Å². The van der Waals surface area contributed by atoms with E-state index in [4.69, 9.17) is 0 Å². The largest absolute Gasteiger partial charge is 0.0753 e. The summed E-state index contributed by atoms with van der Waals surface area (Å²) in [6.07, 6.45) is 17.1. The van der Waals surface area contributed by atoms with Crippen LogP contribution in [0.5, 0.6) is 0 Å². The van der Waals surface area contributed by atoms with E-state index in [-0.39, 0.29) is 7.92 Å². The van der Waals surface area contributed by atoms with Crippen LogP contribution in [-0.4, -0.2) is 12.3 Å². The third-order valence-electron chi connectivity index (χ3n) is 4.46. The molecule has 0 nitrogen and oxygen atoms in total. The first-order valence-electron chi connectivity index (χ1n) is 9.59. The average molecular weight is 321 g/mol. The van der Waals surface area contributed by atoms with Crippen LogP contribution in [-0.2, 0) is 0 Å². The molecule has 1 aromatic rings. The van der Waals surface area contributed by atoms with Gasteiger partial charge in [-0.3, -0.25) is 0 Å². The Labute approximate surface area is 140 Å². The second kappa shape index (κ2) is 13.1. The van der Waals surface area contributed by atoms with Crippen molar-refractivity contribution in [1.29, 1.82) is 0 Å². The summed E-state index contributed by atoms with van der Waals surface area (Å²) in [5.41, 5.74) is 1.39. The maximum Gasteiger partial charge on any atom is -0.0240 e. The van der Waals surface area contributed by atoms with Gasteiger partial charge in [0.1, 0.15) is 0 Å². The van der Waals surface area contributed by atoms with Crippen molar-refractivity contribution in [2.75, 3.05) is 12.3 Å². The lowest BCUT2D eigenvalue weighted by Crippen LogP contribution is -2.07. The molecule has 0 unspecified atom stereocenters. The van der Waals surface area contributed by atoms with Crippen molar-refractivity contribution in [2.24, 2.45) is 0 Å². The summed E-state index contributed by atoms with van der Waals surface area (Å²) in [7, 11) is 0.0901. The number of hydrogen-bond donors (Lipinski definition) is 0. The Morgan fingerprint density at radius 2 is 1.09 bits per heavy atom. The smallest absolute Gasteiger partial charge is 0.0240 e. The first-order chi connectivity index (χ1) is 10.8. The highest BCUT2D eigenvalue weighted by molar-refractivity contribution is 7.65. The minimum absolute atomic E-state index is 0.0901. The molecule has 1 rings (SSSR count). The van der Waals surface area contributed by atoms with Crippen molar-refractivity contribution in [3.05, 3.63) is 29.8 Å². The van der Waals surface area contributed by atoms with E-state index in [0.717, 1.165) is 0 Å². The molecule has 22 heavy (non-hydrogen) atoms. The number of hydrogen-bond acceptors (Lipinski definition) is 0. The molecule has 1 aromatic carbocycles. The van der Waals surface area contributed by atoms with Gasteiger partial charge < -0.3 is 0 Å². The molecule has 126 valence electrons. The van der Waals surface area contributed by atoms with Gasteiger partial charge in [-0.05, 0) is 37.4 Å². The average Bonchev–Trinajstić information content (AvgIpc) is 2.53. The minimum atomic E-state index is 0.0901. The fraction of sp³-hybridized carbons (Fsp3) is 0.714. The summed E-state index contributed by atoms with van der Waals surface area (Å²) in [5, 5.41) is 1.64. The van der Waals surface area contributed by atoms with Crippen LogP contribution in [0.1, 0.15) is 83.6 Å². The van der Waals surface area contributed by atoms with Crippen molar-refractivity contribution < 1.29 is 0 Å². The van der Waals surface area contributed by atoms with E-state index >= 15 is 0 Å². The van der Waals surface area contributed by atoms with Gasteiger partial charge in [0.25, 0.3) is 0 Å². The Morgan fingerprint density at radius 3 is 1.55 bits per heavy atom. The molecular weight excluding hydrogens is 283 g/mol. The molecular formula is C21H37P. The van der Waals surface area contributed by atoms with Crippen molar-refractivity contribution in [1.82, 2.24) is 0 Å². The summed E-state index contributed by atoms with van der Waals surface area (Å²) in [6, 6.07) is 9.41. The third kappa shape index (κ3) is 8.94. The predicted octanol–water partition coefficient (Wildman–Crippen LogP) is 7.04. The molecule has 0 saturated carbocycles. The standard InChI is InChI=1S/C21H37P/c1-4-6-8-10-12-18-22(19-13-11-9-7-5-2)21-16-14-20(3)15-17-21/h14-17H,4-13,18-19H2,1-3H3. The maximum atomic E-state index is 2.40. The predicted molar refractivity (Wildman–Crippen MR) is 105 cm³/mol. The Kier molecular flexibility index (Phi) is 11.7. The Balaban J connectivity index is 2.40. The number of unbranched alkanes of at least 4 members (excludes halogenated alkanes) is 8. The molecule has 1 heteroatoms. The summed E-state index contributed by atoms with van der Waals surface area (Å²) in [6.45, 7) is 6.80. The quantitative estimate of drug-likeness (QED) is 0.270. The molecule has 0 heterocycles. The van der Waals surface area contributed by atoms with E-state index in [1.54, 1.807) is 5.30 Å². The van der Waals surface area contributed by atoms with E-state index in [1.807, 2.05) is 0 Å². The van der Waals surface area contributed by atoms with Crippen LogP contribution in [0.3, 0.4) is 0 Å². The molecule has 0 aliphatic heterocycles. The molecule has 0 radical (unpaired) electrons. The molecule has 0 atom stereocenters. The van der Waals surface area contributed by atoms with Crippen LogP contribution < -0.4 is 5.30 Å². The first kappa shape index (κ1) is 19.7. The van der Waals surface area contributed by atoms with Crippen LogP contribution in [0.4, 0.5) is 0 Å². The third-order valence-corrected chi connectivity index (χ3v) is 7.20. The number of aryl methyl sites for hydroxylation is 1. The van der Waals surface area contributed by atoms with Crippen LogP contribution in [0.2, 0.25) is 0 Å². The molecule has 0 N–H and O–H groups in total. The van der Waals surface area contributed by atoms with Crippen molar-refractivity contribution in [3.8, 4) is 0 Å². The molecule has 0 aromatic heterocycles. The fourth-order valence-electron chi connectivity index (χ4n) is 2.94. The second-order valence-electron chi connectivity index (χ2n) is 6.65. The summed E-state index contributed by atoms with van der Waals surface area (Å²) in [5.74, 6) is 0. The van der Waals surface area contributed by atoms with Crippen LogP contribution in [0.15, 0.2) is 24.3 Å². The lowest BCUT2D eigenvalue weighted by atomic mass is 10.2. The summed E-state index contributed by atoms with van der Waals surface area (Å²) in [4.78, 5) is 0. The molecule has 0 fully saturated rings. The lowest BCUT2D eigenvalue weighted by Gasteiger charge is -2.18. The van der Waals surface area contributed by atoms with E-state index in [0.29, 0.717) is 0 Å². The van der Waals surface area contributed by atoms with E-state index in [1.165, 1.54) is 82.1 Å². The SMILES string of the molecule is CCCCCCCP(CCCCCCC)c1ccc(C)cc1. The van der Waals surface area contributed by atoms with Crippen molar-refractivity contribution in [2.45, 2.75) is 85.0 Å².